The van der Waals surface area contributed by atoms with Gasteiger partial charge in [-0.25, -0.2) is 4.98 Å². The molecule has 2 atom stereocenters. The molecular formula is C12H18N2O2. The highest BCUT2D eigenvalue weighted by atomic mass is 16.5. The van der Waals surface area contributed by atoms with Crippen molar-refractivity contribution in [2.24, 2.45) is 5.92 Å². The molecule has 0 radical (unpaired) electrons. The summed E-state index contributed by atoms with van der Waals surface area (Å²) in [5, 5.41) is 3.39. The van der Waals surface area contributed by atoms with Crippen molar-refractivity contribution in [3.05, 3.63) is 18.3 Å². The molecule has 2 unspecified atom stereocenters. The smallest absolute Gasteiger partial charge is 0.129 e. The summed E-state index contributed by atoms with van der Waals surface area (Å²) in [6.07, 6.45) is 2.87. The Labute approximate surface area is 96.0 Å². The number of rotatable bonds is 4. The van der Waals surface area contributed by atoms with Gasteiger partial charge in [0.05, 0.1) is 13.7 Å². The minimum Gasteiger partial charge on any atom is -0.497 e. The molecule has 88 valence electrons. The van der Waals surface area contributed by atoms with Crippen LogP contribution < -0.4 is 10.1 Å². The molecule has 2 rings (SSSR count). The molecule has 0 spiro atoms. The fraction of sp³-hybridized carbons (Fsp3) is 0.583. The maximum atomic E-state index is 5.38. The van der Waals surface area contributed by atoms with Crippen molar-refractivity contribution in [1.82, 2.24) is 4.98 Å². The second kappa shape index (κ2) is 5.16. The van der Waals surface area contributed by atoms with Crippen LogP contribution in [0.5, 0.6) is 5.75 Å². The Balaban J connectivity index is 1.96. The Morgan fingerprint density at radius 2 is 2.50 bits per heavy atom. The molecule has 1 fully saturated rings. The quantitative estimate of drug-likeness (QED) is 0.845. The predicted molar refractivity (Wildman–Crippen MR) is 62.8 cm³/mol. The summed E-state index contributed by atoms with van der Waals surface area (Å²) in [5.74, 6) is 2.26. The summed E-state index contributed by atoms with van der Waals surface area (Å²) in [5.41, 5.74) is 0. The van der Waals surface area contributed by atoms with Crippen molar-refractivity contribution in [3.8, 4) is 5.75 Å². The largest absolute Gasteiger partial charge is 0.497 e. The van der Waals surface area contributed by atoms with E-state index in [-0.39, 0.29) is 0 Å². The van der Waals surface area contributed by atoms with Crippen LogP contribution in [0.4, 0.5) is 5.82 Å². The van der Waals surface area contributed by atoms with Gasteiger partial charge in [0.15, 0.2) is 0 Å². The molecule has 0 bridgehead atoms. The molecule has 0 saturated carbocycles. The standard InChI is InChI=1S/C12H18N2O2/c1-9(10-4-6-16-8-10)14-12-7-11(15-2)3-5-13-12/h3,5,7,9-10H,4,6,8H2,1-2H3,(H,13,14). The Hall–Kier alpha value is -1.29. The lowest BCUT2D eigenvalue weighted by Crippen LogP contribution is -2.26. The first-order valence-electron chi connectivity index (χ1n) is 5.64. The van der Waals surface area contributed by atoms with Crippen LogP contribution in [-0.4, -0.2) is 31.3 Å². The first-order valence-corrected chi connectivity index (χ1v) is 5.64. The van der Waals surface area contributed by atoms with Crippen LogP contribution in [0, 0.1) is 5.92 Å². The topological polar surface area (TPSA) is 43.4 Å². The summed E-state index contributed by atoms with van der Waals surface area (Å²) in [6.45, 7) is 3.89. The lowest BCUT2D eigenvalue weighted by atomic mass is 10.0. The molecule has 1 aromatic rings. The Bertz CT molecular complexity index is 338. The highest BCUT2D eigenvalue weighted by Crippen LogP contribution is 2.21. The lowest BCUT2D eigenvalue weighted by molar-refractivity contribution is 0.183. The summed E-state index contributed by atoms with van der Waals surface area (Å²) in [6, 6.07) is 4.13. The number of methoxy groups -OCH3 is 1. The molecule has 2 heterocycles. The molecular weight excluding hydrogens is 204 g/mol. The third kappa shape index (κ3) is 2.64. The SMILES string of the molecule is COc1ccnc(NC(C)C2CCOC2)c1. The number of ether oxygens (including phenoxy) is 2. The van der Waals surface area contributed by atoms with Crippen molar-refractivity contribution in [3.63, 3.8) is 0 Å². The monoisotopic (exact) mass is 222 g/mol. The summed E-state index contributed by atoms with van der Waals surface area (Å²) in [7, 11) is 1.66. The van der Waals surface area contributed by atoms with Gasteiger partial charge in [0.2, 0.25) is 0 Å². The maximum Gasteiger partial charge on any atom is 0.129 e. The average molecular weight is 222 g/mol. The van der Waals surface area contributed by atoms with Gasteiger partial charge in [-0.05, 0) is 19.4 Å². The molecule has 1 saturated heterocycles. The number of anilines is 1. The first-order chi connectivity index (χ1) is 7.79. The Morgan fingerprint density at radius 3 is 3.19 bits per heavy atom. The normalized spacial score (nSPS) is 21.8. The van der Waals surface area contributed by atoms with Gasteiger partial charge < -0.3 is 14.8 Å². The highest BCUT2D eigenvalue weighted by molar-refractivity contribution is 5.41. The van der Waals surface area contributed by atoms with E-state index in [1.165, 1.54) is 0 Å². The highest BCUT2D eigenvalue weighted by Gasteiger charge is 2.22. The molecule has 0 aromatic carbocycles. The molecule has 1 aliphatic heterocycles. The third-order valence-corrected chi connectivity index (χ3v) is 3.01. The van der Waals surface area contributed by atoms with Crippen LogP contribution >= 0.6 is 0 Å². The minimum atomic E-state index is 0.377. The van der Waals surface area contributed by atoms with E-state index in [1.807, 2.05) is 12.1 Å². The molecule has 1 aliphatic rings. The van der Waals surface area contributed by atoms with E-state index in [0.29, 0.717) is 12.0 Å². The zero-order valence-electron chi connectivity index (χ0n) is 9.77. The molecule has 16 heavy (non-hydrogen) atoms. The van der Waals surface area contributed by atoms with Crippen LogP contribution in [0.3, 0.4) is 0 Å². The van der Waals surface area contributed by atoms with Gasteiger partial charge in [0.25, 0.3) is 0 Å². The minimum absolute atomic E-state index is 0.377. The van der Waals surface area contributed by atoms with Gasteiger partial charge in [-0.1, -0.05) is 0 Å². The van der Waals surface area contributed by atoms with Crippen molar-refractivity contribution in [2.45, 2.75) is 19.4 Å². The maximum absolute atomic E-state index is 5.38. The van der Waals surface area contributed by atoms with Crippen LogP contribution in [-0.2, 0) is 4.74 Å². The van der Waals surface area contributed by atoms with Gasteiger partial charge in [0, 0.05) is 30.8 Å². The van der Waals surface area contributed by atoms with E-state index in [2.05, 4.69) is 17.2 Å². The molecule has 1 aromatic heterocycles. The fourth-order valence-electron chi connectivity index (χ4n) is 1.92. The van der Waals surface area contributed by atoms with E-state index in [9.17, 15) is 0 Å². The lowest BCUT2D eigenvalue weighted by Gasteiger charge is -2.19. The van der Waals surface area contributed by atoms with Crippen LogP contribution in [0.2, 0.25) is 0 Å². The summed E-state index contributed by atoms with van der Waals surface area (Å²) in [4.78, 5) is 4.27. The molecule has 4 heteroatoms. The van der Waals surface area contributed by atoms with Gasteiger partial charge in [0.1, 0.15) is 11.6 Å². The molecule has 1 N–H and O–H groups in total. The summed E-state index contributed by atoms with van der Waals surface area (Å²) < 4.78 is 10.5. The van der Waals surface area contributed by atoms with Gasteiger partial charge in [-0.3, -0.25) is 0 Å². The van der Waals surface area contributed by atoms with Crippen LogP contribution in [0.1, 0.15) is 13.3 Å². The molecule has 0 amide bonds. The number of pyridine rings is 1. The van der Waals surface area contributed by atoms with Gasteiger partial charge in [-0.2, -0.15) is 0 Å². The van der Waals surface area contributed by atoms with Gasteiger partial charge in [-0.15, -0.1) is 0 Å². The second-order valence-electron chi connectivity index (χ2n) is 4.14. The third-order valence-electron chi connectivity index (χ3n) is 3.01. The van der Waals surface area contributed by atoms with Gasteiger partial charge >= 0.3 is 0 Å². The molecule has 4 nitrogen and oxygen atoms in total. The zero-order valence-corrected chi connectivity index (χ0v) is 9.77. The van der Waals surface area contributed by atoms with E-state index in [0.717, 1.165) is 31.2 Å². The van der Waals surface area contributed by atoms with E-state index in [1.54, 1.807) is 13.3 Å². The number of nitrogens with zero attached hydrogens (tertiary/aromatic N) is 1. The summed E-state index contributed by atoms with van der Waals surface area (Å²) >= 11 is 0. The number of aromatic nitrogens is 1. The van der Waals surface area contributed by atoms with Crippen molar-refractivity contribution in [1.29, 1.82) is 0 Å². The van der Waals surface area contributed by atoms with Crippen LogP contribution in [0.15, 0.2) is 18.3 Å². The number of hydrogen-bond donors (Lipinski definition) is 1. The second-order valence-corrected chi connectivity index (χ2v) is 4.14. The predicted octanol–water partition coefficient (Wildman–Crippen LogP) is 1.93. The van der Waals surface area contributed by atoms with E-state index >= 15 is 0 Å². The van der Waals surface area contributed by atoms with Crippen LogP contribution in [0.25, 0.3) is 0 Å². The van der Waals surface area contributed by atoms with Crippen molar-refractivity contribution >= 4 is 5.82 Å². The zero-order chi connectivity index (χ0) is 11.4. The fourth-order valence-corrected chi connectivity index (χ4v) is 1.92. The Kier molecular flexibility index (Phi) is 3.62. The average Bonchev–Trinajstić information content (AvgIpc) is 2.83. The number of nitrogens with one attached hydrogen (secondary N) is 1. The first kappa shape index (κ1) is 11.2. The Morgan fingerprint density at radius 1 is 1.62 bits per heavy atom. The van der Waals surface area contributed by atoms with E-state index in [4.69, 9.17) is 9.47 Å². The van der Waals surface area contributed by atoms with Crippen molar-refractivity contribution < 1.29 is 9.47 Å². The molecule has 0 aliphatic carbocycles. The number of hydrogen-bond acceptors (Lipinski definition) is 4. The van der Waals surface area contributed by atoms with Crippen molar-refractivity contribution in [2.75, 3.05) is 25.6 Å². The van der Waals surface area contributed by atoms with E-state index < -0.39 is 0 Å².